The minimum atomic E-state index is -0.364. The number of nitrogens with one attached hydrogen (secondary N) is 3. The Morgan fingerprint density at radius 3 is 2.38 bits per heavy atom. The highest BCUT2D eigenvalue weighted by molar-refractivity contribution is 7.80. The van der Waals surface area contributed by atoms with Crippen molar-refractivity contribution in [2.24, 2.45) is 5.10 Å². The average molecular weight is 541 g/mol. The maximum Gasteiger partial charge on any atom is 0.262 e. The summed E-state index contributed by atoms with van der Waals surface area (Å²) in [5, 5.41) is 10.9. The number of rotatable bonds is 10. The van der Waals surface area contributed by atoms with Crippen LogP contribution >= 0.6 is 23.8 Å². The van der Waals surface area contributed by atoms with E-state index in [0.29, 0.717) is 39.0 Å². The number of carbonyl (C=O) groups is 1. The van der Waals surface area contributed by atoms with Crippen LogP contribution in [0.1, 0.15) is 30.9 Å². The van der Waals surface area contributed by atoms with Gasteiger partial charge in [-0.05, 0) is 71.7 Å². The van der Waals surface area contributed by atoms with Gasteiger partial charge < -0.3 is 24.8 Å². The fraction of sp³-hybridized carbons (Fsp3) is 0.222. The first kappa shape index (κ1) is 27.8. The molecule has 0 aliphatic rings. The number of thiocarbonyl (C=S) groups is 1. The van der Waals surface area contributed by atoms with Crippen LogP contribution in [-0.4, -0.2) is 38.1 Å². The molecule has 3 aromatic rings. The number of carbonyl (C=O) groups excluding carboxylic acids is 1. The van der Waals surface area contributed by atoms with Gasteiger partial charge in [-0.25, -0.2) is 0 Å². The zero-order chi connectivity index (χ0) is 26.8. The second-order valence-electron chi connectivity index (χ2n) is 8.19. The van der Waals surface area contributed by atoms with Crippen LogP contribution in [0.15, 0.2) is 65.8 Å². The molecule has 0 saturated heterocycles. The lowest BCUT2D eigenvalue weighted by molar-refractivity contribution is -0.118. The third-order valence-electron chi connectivity index (χ3n) is 5.20. The highest BCUT2D eigenvalue weighted by Crippen LogP contribution is 2.29. The molecule has 0 bridgehead atoms. The Morgan fingerprint density at radius 2 is 1.70 bits per heavy atom. The molecule has 0 spiro atoms. The van der Waals surface area contributed by atoms with Gasteiger partial charge in [0.15, 0.2) is 23.2 Å². The minimum absolute atomic E-state index is 0.227. The van der Waals surface area contributed by atoms with Crippen molar-refractivity contribution < 1.29 is 19.0 Å². The van der Waals surface area contributed by atoms with Crippen molar-refractivity contribution >= 4 is 52.4 Å². The molecular formula is C27H29ClN4O4S. The highest BCUT2D eigenvalue weighted by Gasteiger charge is 2.11. The van der Waals surface area contributed by atoms with Crippen molar-refractivity contribution in [2.75, 3.05) is 31.5 Å². The maximum absolute atomic E-state index is 12.4. The molecule has 0 radical (unpaired) electrons. The van der Waals surface area contributed by atoms with E-state index in [9.17, 15) is 4.79 Å². The summed E-state index contributed by atoms with van der Waals surface area (Å²) in [5.41, 5.74) is 6.16. The molecule has 8 nitrogen and oxygen atoms in total. The van der Waals surface area contributed by atoms with Crippen molar-refractivity contribution in [3.05, 3.63) is 76.8 Å². The van der Waals surface area contributed by atoms with Gasteiger partial charge in [-0.3, -0.25) is 10.2 Å². The zero-order valence-electron chi connectivity index (χ0n) is 21.0. The van der Waals surface area contributed by atoms with Crippen LogP contribution in [0.25, 0.3) is 0 Å². The van der Waals surface area contributed by atoms with Gasteiger partial charge in [0, 0.05) is 16.8 Å². The van der Waals surface area contributed by atoms with Crippen molar-refractivity contribution in [1.29, 1.82) is 0 Å². The Labute approximate surface area is 227 Å². The Kier molecular flexibility index (Phi) is 10.1. The molecule has 194 valence electrons. The molecule has 0 heterocycles. The van der Waals surface area contributed by atoms with E-state index in [1.807, 2.05) is 12.1 Å². The van der Waals surface area contributed by atoms with Crippen molar-refractivity contribution in [3.8, 4) is 17.2 Å². The summed E-state index contributed by atoms with van der Waals surface area (Å²) in [6.45, 7) is 4.07. The summed E-state index contributed by atoms with van der Waals surface area (Å²) < 4.78 is 16.3. The molecule has 1 amide bonds. The van der Waals surface area contributed by atoms with Crippen LogP contribution in [0, 0.1) is 0 Å². The van der Waals surface area contributed by atoms with Crippen molar-refractivity contribution in [1.82, 2.24) is 5.43 Å². The molecular weight excluding hydrogens is 512 g/mol. The molecule has 3 N–H and O–H groups in total. The van der Waals surface area contributed by atoms with Gasteiger partial charge in [-0.15, -0.1) is 0 Å². The summed E-state index contributed by atoms with van der Waals surface area (Å²) in [5.74, 6) is 1.42. The number of halogens is 1. The smallest absolute Gasteiger partial charge is 0.262 e. The Balaban J connectivity index is 1.53. The second kappa shape index (κ2) is 13.5. The Hall–Kier alpha value is -3.82. The van der Waals surface area contributed by atoms with E-state index in [2.05, 4.69) is 47.1 Å². The number of amides is 1. The number of benzene rings is 3. The van der Waals surface area contributed by atoms with Gasteiger partial charge in [0.05, 0.1) is 26.1 Å². The monoisotopic (exact) mass is 540 g/mol. The van der Waals surface area contributed by atoms with Gasteiger partial charge >= 0.3 is 0 Å². The van der Waals surface area contributed by atoms with Crippen LogP contribution in [0.3, 0.4) is 0 Å². The topological polar surface area (TPSA) is 93.2 Å². The number of hydrazone groups is 1. The quantitative estimate of drug-likeness (QED) is 0.169. The van der Waals surface area contributed by atoms with Crippen LogP contribution in [0.4, 0.5) is 11.4 Å². The van der Waals surface area contributed by atoms with E-state index in [0.717, 1.165) is 11.3 Å². The summed E-state index contributed by atoms with van der Waals surface area (Å²) in [6.07, 6.45) is 1.60. The van der Waals surface area contributed by atoms with Gasteiger partial charge in [-0.2, -0.15) is 5.10 Å². The number of hydrogen-bond donors (Lipinski definition) is 3. The Bertz CT molecular complexity index is 1270. The van der Waals surface area contributed by atoms with Crippen molar-refractivity contribution in [3.63, 3.8) is 0 Å². The first-order valence-corrected chi connectivity index (χ1v) is 12.2. The predicted octanol–water partition coefficient (Wildman–Crippen LogP) is 5.82. The fourth-order valence-corrected chi connectivity index (χ4v) is 3.59. The normalized spacial score (nSPS) is 10.8. The Morgan fingerprint density at radius 1 is 0.973 bits per heavy atom. The van der Waals surface area contributed by atoms with E-state index in [4.69, 9.17) is 38.0 Å². The fourth-order valence-electron chi connectivity index (χ4n) is 3.26. The molecule has 3 rings (SSSR count). The third kappa shape index (κ3) is 8.37. The molecule has 3 aromatic carbocycles. The standard InChI is InChI=1S/C27H29ClN4O4S/c1-17(2)19-6-9-21(10-7-19)30-27(37)32-29-15-18-5-12-23(25(13-18)35-4)36-16-26(33)31-22-11-8-20(28)14-24(22)34-3/h5-15,17H,16H2,1-4H3,(H,31,33)(H2,30,32,37). The van der Waals surface area contributed by atoms with Crippen molar-refractivity contribution in [2.45, 2.75) is 19.8 Å². The highest BCUT2D eigenvalue weighted by atomic mass is 35.5. The maximum atomic E-state index is 12.4. The molecule has 0 aliphatic heterocycles. The van der Waals surface area contributed by atoms with Gasteiger partial charge in [0.1, 0.15) is 5.75 Å². The third-order valence-corrected chi connectivity index (χ3v) is 5.63. The lowest BCUT2D eigenvalue weighted by Crippen LogP contribution is -2.23. The molecule has 0 fully saturated rings. The lowest BCUT2D eigenvalue weighted by Gasteiger charge is -2.13. The minimum Gasteiger partial charge on any atom is -0.495 e. The van der Waals surface area contributed by atoms with Gasteiger partial charge in [0.2, 0.25) is 0 Å². The van der Waals surface area contributed by atoms with Crippen LogP contribution < -0.4 is 30.3 Å². The van der Waals surface area contributed by atoms with E-state index in [-0.39, 0.29) is 12.5 Å². The lowest BCUT2D eigenvalue weighted by atomic mass is 10.0. The number of nitrogens with zero attached hydrogens (tertiary/aromatic N) is 1. The van der Waals surface area contributed by atoms with E-state index < -0.39 is 0 Å². The number of hydrogen-bond acceptors (Lipinski definition) is 6. The first-order chi connectivity index (χ1) is 17.8. The second-order valence-corrected chi connectivity index (χ2v) is 9.04. The summed E-state index contributed by atoms with van der Waals surface area (Å²) in [6, 6.07) is 18.2. The van der Waals surface area contributed by atoms with E-state index in [1.165, 1.54) is 19.8 Å². The van der Waals surface area contributed by atoms with E-state index in [1.54, 1.807) is 42.6 Å². The molecule has 37 heavy (non-hydrogen) atoms. The predicted molar refractivity (Wildman–Crippen MR) is 153 cm³/mol. The summed E-state index contributed by atoms with van der Waals surface area (Å²) >= 11 is 11.3. The molecule has 10 heteroatoms. The molecule has 0 atom stereocenters. The van der Waals surface area contributed by atoms with Crippen LogP contribution in [0.2, 0.25) is 5.02 Å². The average Bonchev–Trinajstić information content (AvgIpc) is 2.89. The SMILES string of the molecule is COc1cc(Cl)ccc1NC(=O)COc1ccc(C=NNC(=S)Nc2ccc(C(C)C)cc2)cc1OC. The largest absolute Gasteiger partial charge is 0.495 e. The molecule has 0 unspecified atom stereocenters. The molecule has 0 aliphatic carbocycles. The number of methoxy groups -OCH3 is 2. The molecule has 0 saturated carbocycles. The van der Waals surface area contributed by atoms with Crippen LogP contribution in [-0.2, 0) is 4.79 Å². The number of anilines is 2. The number of ether oxygens (including phenoxy) is 3. The molecule has 0 aromatic heterocycles. The first-order valence-electron chi connectivity index (χ1n) is 11.4. The van der Waals surface area contributed by atoms with E-state index >= 15 is 0 Å². The van der Waals surface area contributed by atoms with Crippen LogP contribution in [0.5, 0.6) is 17.2 Å². The van der Waals surface area contributed by atoms with Gasteiger partial charge in [0.25, 0.3) is 5.91 Å². The summed E-state index contributed by atoms with van der Waals surface area (Å²) in [4.78, 5) is 12.4. The van der Waals surface area contributed by atoms with Gasteiger partial charge in [-0.1, -0.05) is 37.6 Å². The summed E-state index contributed by atoms with van der Waals surface area (Å²) in [7, 11) is 3.02. The zero-order valence-corrected chi connectivity index (χ0v) is 22.6.